The molecule has 44 heavy (non-hydrogen) atoms. The van der Waals surface area contributed by atoms with Gasteiger partial charge in [0.15, 0.2) is 11.6 Å². The highest BCUT2D eigenvalue weighted by Gasteiger charge is 2.30. The zero-order chi connectivity index (χ0) is 31.2. The molecule has 0 spiro atoms. The maximum absolute atomic E-state index is 13.9. The Balaban J connectivity index is 1.50. The molecule has 0 bridgehead atoms. The van der Waals surface area contributed by atoms with Crippen molar-refractivity contribution in [1.29, 1.82) is 0 Å². The van der Waals surface area contributed by atoms with E-state index in [0.29, 0.717) is 22.6 Å². The van der Waals surface area contributed by atoms with Gasteiger partial charge in [-0.1, -0.05) is 34.7 Å². The monoisotopic (exact) mass is 640 g/mol. The van der Waals surface area contributed by atoms with E-state index in [9.17, 15) is 16.8 Å². The Bertz CT molecular complexity index is 1730. The number of hydrogen-bond acceptors (Lipinski definition) is 12. The van der Waals surface area contributed by atoms with Crippen molar-refractivity contribution >= 4 is 20.0 Å². The van der Waals surface area contributed by atoms with Gasteiger partial charge < -0.3 is 9.47 Å². The van der Waals surface area contributed by atoms with Crippen LogP contribution in [0.1, 0.15) is 22.8 Å². The summed E-state index contributed by atoms with van der Waals surface area (Å²) in [6.45, 7) is -0.652. The normalized spacial score (nSPS) is 12.1. The number of methoxy groups -OCH3 is 2. The summed E-state index contributed by atoms with van der Waals surface area (Å²) in [5.41, 5.74) is 1.10. The summed E-state index contributed by atoms with van der Waals surface area (Å²) in [6, 6.07) is 18.9. The maximum Gasteiger partial charge on any atom is 0.243 e. The van der Waals surface area contributed by atoms with Crippen LogP contribution in [0.5, 0.6) is 11.5 Å². The summed E-state index contributed by atoms with van der Waals surface area (Å²) < 4.78 is 68.2. The molecule has 2 heterocycles. The number of rotatable bonds is 14. The van der Waals surface area contributed by atoms with E-state index in [-0.39, 0.29) is 47.6 Å². The molecule has 0 radical (unpaired) electrons. The van der Waals surface area contributed by atoms with Crippen molar-refractivity contribution < 1.29 is 26.3 Å². The number of nitrogens with zero attached hydrogens (tertiary/aromatic N) is 8. The van der Waals surface area contributed by atoms with Gasteiger partial charge in [0.25, 0.3) is 0 Å². The van der Waals surface area contributed by atoms with Crippen LogP contribution in [0.2, 0.25) is 0 Å². The van der Waals surface area contributed by atoms with Crippen LogP contribution in [-0.2, 0) is 46.2 Å². The Morgan fingerprint density at radius 1 is 0.591 bits per heavy atom. The van der Waals surface area contributed by atoms with E-state index in [2.05, 4.69) is 41.2 Å². The molecule has 0 aliphatic heterocycles. The minimum atomic E-state index is -4.08. The molecule has 0 aliphatic carbocycles. The number of sulfonamides is 2. The molecule has 230 valence electrons. The summed E-state index contributed by atoms with van der Waals surface area (Å²) in [5, 5.41) is 27.5. The van der Waals surface area contributed by atoms with E-state index in [1.54, 1.807) is 48.5 Å². The summed E-state index contributed by atoms with van der Waals surface area (Å²) in [5.74, 6) is 1.30. The second-order valence-electron chi connectivity index (χ2n) is 9.32. The summed E-state index contributed by atoms with van der Waals surface area (Å²) in [7, 11) is -5.20. The molecule has 0 saturated carbocycles. The van der Waals surface area contributed by atoms with Crippen molar-refractivity contribution in [3.05, 3.63) is 95.6 Å². The second kappa shape index (κ2) is 13.2. The van der Waals surface area contributed by atoms with Gasteiger partial charge in [-0.15, -0.1) is 20.4 Å². The number of hydrogen-bond donors (Lipinski definition) is 2. The molecule has 0 amide bonds. The quantitative estimate of drug-likeness (QED) is 0.177. The number of tetrazole rings is 2. The third kappa shape index (κ3) is 6.88. The third-order valence-electron chi connectivity index (χ3n) is 6.62. The lowest BCUT2D eigenvalue weighted by Crippen LogP contribution is -2.33. The molecule has 18 heteroatoms. The predicted octanol–water partition coefficient (Wildman–Crippen LogP) is 1.51. The lowest BCUT2D eigenvalue weighted by atomic mass is 10.1. The van der Waals surface area contributed by atoms with Crippen LogP contribution in [0.15, 0.2) is 82.6 Å². The van der Waals surface area contributed by atoms with Crippen LogP contribution in [0.3, 0.4) is 0 Å². The van der Waals surface area contributed by atoms with Gasteiger partial charge in [-0.05, 0) is 59.7 Å². The molecule has 0 fully saturated rings. The Morgan fingerprint density at radius 2 is 0.977 bits per heavy atom. The van der Waals surface area contributed by atoms with Gasteiger partial charge in [-0.3, -0.25) is 0 Å². The average molecular weight is 641 g/mol. The van der Waals surface area contributed by atoms with Crippen LogP contribution in [0, 0.1) is 0 Å². The van der Waals surface area contributed by atoms with Crippen LogP contribution < -0.4 is 9.47 Å². The molecule has 0 unspecified atom stereocenters. The molecule has 3 aromatic carbocycles. The van der Waals surface area contributed by atoms with Crippen LogP contribution in [0.4, 0.5) is 0 Å². The Hall–Kier alpha value is -4.78. The van der Waals surface area contributed by atoms with Crippen LogP contribution in [0.25, 0.3) is 0 Å². The van der Waals surface area contributed by atoms with Gasteiger partial charge in [0, 0.05) is 13.1 Å². The highest BCUT2D eigenvalue weighted by molar-refractivity contribution is 7.89. The fourth-order valence-corrected chi connectivity index (χ4v) is 7.05. The summed E-state index contributed by atoms with van der Waals surface area (Å²) in [4.78, 5) is 0.0557. The van der Waals surface area contributed by atoms with E-state index in [4.69, 9.17) is 9.47 Å². The minimum Gasteiger partial charge on any atom is -0.497 e. The number of ether oxygens (including phenoxy) is 2. The van der Waals surface area contributed by atoms with Crippen molar-refractivity contribution in [3.63, 3.8) is 0 Å². The zero-order valence-electron chi connectivity index (χ0n) is 23.6. The molecule has 2 N–H and O–H groups in total. The van der Waals surface area contributed by atoms with Crippen molar-refractivity contribution in [3.8, 4) is 11.5 Å². The van der Waals surface area contributed by atoms with E-state index >= 15 is 0 Å². The first-order valence-corrected chi connectivity index (χ1v) is 15.9. The molecular formula is C26H28N10O6S2. The fourth-order valence-electron chi connectivity index (χ4n) is 4.31. The summed E-state index contributed by atoms with van der Waals surface area (Å²) >= 11 is 0. The van der Waals surface area contributed by atoms with Gasteiger partial charge in [0.2, 0.25) is 20.0 Å². The fraction of sp³-hybridized carbons (Fsp3) is 0.231. The maximum atomic E-state index is 13.9. The van der Waals surface area contributed by atoms with Gasteiger partial charge in [-0.25, -0.2) is 16.8 Å². The second-order valence-corrected chi connectivity index (χ2v) is 13.2. The molecule has 2 aromatic heterocycles. The van der Waals surface area contributed by atoms with E-state index in [1.807, 2.05) is 0 Å². The molecule has 5 aromatic rings. The first-order chi connectivity index (χ1) is 21.2. The highest BCUT2D eigenvalue weighted by Crippen LogP contribution is 2.27. The van der Waals surface area contributed by atoms with E-state index in [1.165, 1.54) is 47.1 Å². The Morgan fingerprint density at radius 3 is 1.30 bits per heavy atom. The van der Waals surface area contributed by atoms with Crippen LogP contribution >= 0.6 is 0 Å². The van der Waals surface area contributed by atoms with Gasteiger partial charge in [-0.2, -0.15) is 19.0 Å². The first kappa shape index (κ1) is 30.7. The number of aromatic amines is 2. The number of benzene rings is 3. The van der Waals surface area contributed by atoms with Gasteiger partial charge >= 0.3 is 0 Å². The number of H-pyrrole nitrogens is 2. The van der Waals surface area contributed by atoms with E-state index < -0.39 is 20.0 Å². The van der Waals surface area contributed by atoms with Crippen molar-refractivity contribution in [2.75, 3.05) is 14.2 Å². The van der Waals surface area contributed by atoms with Gasteiger partial charge in [0.1, 0.15) is 11.5 Å². The van der Waals surface area contributed by atoms with Crippen molar-refractivity contribution in [2.24, 2.45) is 0 Å². The topological polar surface area (TPSA) is 202 Å². The molecule has 16 nitrogen and oxygen atoms in total. The number of aromatic nitrogens is 8. The Kier molecular flexibility index (Phi) is 9.23. The molecular weight excluding hydrogens is 612 g/mol. The third-order valence-corrected chi connectivity index (χ3v) is 10.2. The largest absolute Gasteiger partial charge is 0.497 e. The zero-order valence-corrected chi connectivity index (χ0v) is 25.2. The lowest BCUT2D eigenvalue weighted by Gasteiger charge is -2.25. The molecule has 0 saturated heterocycles. The first-order valence-electron chi connectivity index (χ1n) is 13.0. The van der Waals surface area contributed by atoms with Gasteiger partial charge in [0.05, 0.1) is 37.1 Å². The van der Waals surface area contributed by atoms with Crippen molar-refractivity contribution in [2.45, 2.75) is 36.0 Å². The standard InChI is InChI=1S/C26H28N10O6S2/c1-41-21-7-11-23(12-8-21)43(37,38)35(17-25-27-31-32-28-25)15-19-5-3-4-6-20(19)16-36(18-26-29-33-34-30-26)44(39,40)24-13-9-22(42-2)10-14-24/h3-14H,15-18H2,1-2H3,(H,27,28,31,32)(H,29,30,33,34). The molecule has 0 atom stereocenters. The van der Waals surface area contributed by atoms with Crippen LogP contribution in [-0.4, -0.2) is 80.9 Å². The molecule has 5 rings (SSSR count). The predicted molar refractivity (Wildman–Crippen MR) is 154 cm³/mol. The molecule has 0 aliphatic rings. The summed E-state index contributed by atoms with van der Waals surface area (Å²) in [6.07, 6.45) is 0. The lowest BCUT2D eigenvalue weighted by molar-refractivity contribution is 0.376. The number of nitrogens with one attached hydrogen (secondary N) is 2. The van der Waals surface area contributed by atoms with Crippen molar-refractivity contribution in [1.82, 2.24) is 49.9 Å². The SMILES string of the molecule is COc1ccc(S(=O)(=O)N(Cc2nn[nH]n2)Cc2ccccc2CN(Cc2nn[nH]n2)S(=O)(=O)c2ccc(OC)cc2)cc1. The Labute approximate surface area is 253 Å². The smallest absolute Gasteiger partial charge is 0.243 e. The average Bonchev–Trinajstić information content (AvgIpc) is 3.76. The minimum absolute atomic E-state index is 0.0279. The van der Waals surface area contributed by atoms with E-state index in [0.717, 1.165) is 0 Å². The highest BCUT2D eigenvalue weighted by atomic mass is 32.2.